The van der Waals surface area contributed by atoms with Gasteiger partial charge in [-0.1, -0.05) is 47.6 Å². The number of hydrogen-bond acceptors (Lipinski definition) is 5. The van der Waals surface area contributed by atoms with E-state index in [2.05, 4.69) is 59.1 Å². The lowest BCUT2D eigenvalue weighted by Gasteiger charge is -2.37. The minimum absolute atomic E-state index is 0.180. The molecule has 0 unspecified atom stereocenters. The van der Waals surface area contributed by atoms with Gasteiger partial charge < -0.3 is 14.5 Å². The van der Waals surface area contributed by atoms with Crippen molar-refractivity contribution in [3.8, 4) is 5.75 Å². The lowest BCUT2D eigenvalue weighted by Crippen LogP contribution is -2.47. The van der Waals surface area contributed by atoms with Crippen LogP contribution in [0.5, 0.6) is 5.75 Å². The minimum atomic E-state index is 0.180. The summed E-state index contributed by atoms with van der Waals surface area (Å²) in [7, 11) is 1.61. The van der Waals surface area contributed by atoms with Crippen LogP contribution in [0.25, 0.3) is 0 Å². The van der Waals surface area contributed by atoms with Crippen LogP contribution in [-0.2, 0) is 4.84 Å². The maximum absolute atomic E-state index is 6.00. The van der Waals surface area contributed by atoms with Gasteiger partial charge in [-0.25, -0.2) is 0 Å². The number of rotatable bonds is 8. The van der Waals surface area contributed by atoms with Gasteiger partial charge in [0.15, 0.2) is 0 Å². The lowest BCUT2D eigenvalue weighted by atomic mass is 10.1. The van der Waals surface area contributed by atoms with Gasteiger partial charge in [-0.05, 0) is 31.5 Å². The minimum Gasteiger partial charge on any atom is -0.489 e. The molecule has 0 amide bonds. The van der Waals surface area contributed by atoms with E-state index in [0.29, 0.717) is 0 Å². The second-order valence-electron chi connectivity index (χ2n) is 7.30. The molecule has 28 heavy (non-hydrogen) atoms. The molecule has 0 N–H and O–H groups in total. The fourth-order valence-corrected chi connectivity index (χ4v) is 3.53. The Balaban J connectivity index is 1.55. The van der Waals surface area contributed by atoms with Crippen LogP contribution in [0, 0.1) is 0 Å². The number of piperazine rings is 1. The van der Waals surface area contributed by atoms with Crippen LogP contribution in [0.1, 0.15) is 25.8 Å². The Labute approximate surface area is 168 Å². The number of benzene rings is 2. The summed E-state index contributed by atoms with van der Waals surface area (Å²) in [6.45, 7) is 9.19. The predicted molar refractivity (Wildman–Crippen MR) is 115 cm³/mol. The third-order valence-corrected chi connectivity index (χ3v) is 4.91. The summed E-state index contributed by atoms with van der Waals surface area (Å²) in [6.07, 6.45) is 1.06. The van der Waals surface area contributed by atoms with Gasteiger partial charge in [0.05, 0.1) is 17.5 Å². The topological polar surface area (TPSA) is 37.3 Å². The molecule has 0 saturated carbocycles. The number of hydrogen-bond donors (Lipinski definition) is 0. The SMILES string of the molecule is CO/N=C(\CCN1CCN(c2ccccc2OC(C)C)CC1)c1ccccc1. The molecule has 1 fully saturated rings. The first-order chi connectivity index (χ1) is 13.7. The monoisotopic (exact) mass is 381 g/mol. The largest absolute Gasteiger partial charge is 0.489 e. The fourth-order valence-electron chi connectivity index (χ4n) is 3.53. The van der Waals surface area contributed by atoms with Gasteiger partial charge in [-0.3, -0.25) is 4.90 Å². The zero-order chi connectivity index (χ0) is 19.8. The van der Waals surface area contributed by atoms with Crippen molar-refractivity contribution in [2.75, 3.05) is 44.7 Å². The van der Waals surface area contributed by atoms with E-state index < -0.39 is 0 Å². The molecule has 1 saturated heterocycles. The summed E-state index contributed by atoms with van der Waals surface area (Å²) in [4.78, 5) is 9.99. The van der Waals surface area contributed by atoms with Crippen molar-refractivity contribution in [2.24, 2.45) is 5.16 Å². The number of anilines is 1. The van der Waals surface area contributed by atoms with Crippen LogP contribution in [0.4, 0.5) is 5.69 Å². The first-order valence-corrected chi connectivity index (χ1v) is 10.1. The highest BCUT2D eigenvalue weighted by Gasteiger charge is 2.20. The molecule has 5 heteroatoms. The van der Waals surface area contributed by atoms with Gasteiger partial charge in [-0.2, -0.15) is 0 Å². The van der Waals surface area contributed by atoms with Gasteiger partial charge in [0.1, 0.15) is 12.9 Å². The van der Waals surface area contributed by atoms with Crippen molar-refractivity contribution < 1.29 is 9.57 Å². The van der Waals surface area contributed by atoms with E-state index in [1.165, 1.54) is 5.69 Å². The van der Waals surface area contributed by atoms with Crippen LogP contribution in [0.3, 0.4) is 0 Å². The molecule has 1 heterocycles. The smallest absolute Gasteiger partial charge is 0.142 e. The molecule has 150 valence electrons. The molecule has 3 rings (SSSR count). The van der Waals surface area contributed by atoms with Crippen LogP contribution in [0.15, 0.2) is 59.8 Å². The Bertz CT molecular complexity index is 753. The number of ether oxygens (including phenoxy) is 1. The van der Waals surface area contributed by atoms with Gasteiger partial charge in [0.25, 0.3) is 0 Å². The highest BCUT2D eigenvalue weighted by atomic mass is 16.6. The molecule has 1 aliphatic rings. The van der Waals surface area contributed by atoms with E-state index in [-0.39, 0.29) is 6.10 Å². The summed E-state index contributed by atoms with van der Waals surface area (Å²) in [6, 6.07) is 18.6. The fraction of sp³-hybridized carbons (Fsp3) is 0.435. The van der Waals surface area contributed by atoms with E-state index >= 15 is 0 Å². The predicted octanol–water partition coefficient (Wildman–Crippen LogP) is 4.04. The van der Waals surface area contributed by atoms with Crippen LogP contribution < -0.4 is 9.64 Å². The highest BCUT2D eigenvalue weighted by molar-refractivity contribution is 6.00. The first-order valence-electron chi connectivity index (χ1n) is 10.1. The molecule has 5 nitrogen and oxygen atoms in total. The van der Waals surface area contributed by atoms with Gasteiger partial charge in [-0.15, -0.1) is 0 Å². The van der Waals surface area contributed by atoms with Crippen molar-refractivity contribution in [3.05, 3.63) is 60.2 Å². The molecule has 2 aromatic rings. The Morgan fingerprint density at radius 3 is 2.32 bits per heavy atom. The lowest BCUT2D eigenvalue weighted by molar-refractivity contribution is 0.211. The average molecular weight is 382 g/mol. The molecular formula is C23H31N3O2. The zero-order valence-electron chi connectivity index (χ0n) is 17.2. The summed E-state index contributed by atoms with van der Waals surface area (Å²) < 4.78 is 6.00. The van der Waals surface area contributed by atoms with Crippen molar-refractivity contribution in [3.63, 3.8) is 0 Å². The third-order valence-electron chi connectivity index (χ3n) is 4.91. The summed E-state index contributed by atoms with van der Waals surface area (Å²) >= 11 is 0. The van der Waals surface area contributed by atoms with Crippen molar-refractivity contribution in [2.45, 2.75) is 26.4 Å². The zero-order valence-corrected chi connectivity index (χ0v) is 17.2. The molecule has 0 atom stereocenters. The van der Waals surface area contributed by atoms with Crippen molar-refractivity contribution >= 4 is 11.4 Å². The van der Waals surface area contributed by atoms with E-state index in [1.807, 2.05) is 24.3 Å². The van der Waals surface area contributed by atoms with E-state index in [4.69, 9.17) is 9.57 Å². The van der Waals surface area contributed by atoms with Crippen LogP contribution >= 0.6 is 0 Å². The van der Waals surface area contributed by atoms with E-state index in [9.17, 15) is 0 Å². The number of nitrogens with zero attached hydrogens (tertiary/aromatic N) is 3. The van der Waals surface area contributed by atoms with Crippen molar-refractivity contribution in [1.82, 2.24) is 4.90 Å². The van der Waals surface area contributed by atoms with E-state index in [1.54, 1.807) is 7.11 Å². The van der Waals surface area contributed by atoms with Crippen molar-refractivity contribution in [1.29, 1.82) is 0 Å². The van der Waals surface area contributed by atoms with Gasteiger partial charge in [0, 0.05) is 39.1 Å². The molecule has 0 aromatic heterocycles. The maximum atomic E-state index is 6.00. The first kappa shape index (κ1) is 20.2. The summed E-state index contributed by atoms with van der Waals surface area (Å²) in [5.74, 6) is 0.976. The quantitative estimate of drug-likeness (QED) is 0.511. The second kappa shape index (κ2) is 10.1. The summed E-state index contributed by atoms with van der Waals surface area (Å²) in [5.41, 5.74) is 3.32. The third kappa shape index (κ3) is 5.49. The Morgan fingerprint density at radius 2 is 1.64 bits per heavy atom. The normalized spacial score (nSPS) is 15.7. The Hall–Kier alpha value is -2.53. The maximum Gasteiger partial charge on any atom is 0.142 e. The second-order valence-corrected chi connectivity index (χ2v) is 7.30. The number of oxime groups is 1. The molecule has 0 bridgehead atoms. The number of para-hydroxylation sites is 2. The average Bonchev–Trinajstić information content (AvgIpc) is 2.72. The standard InChI is InChI=1S/C23H31N3O2/c1-19(2)28-23-12-8-7-11-22(23)26-17-15-25(16-18-26)14-13-21(24-27-3)20-9-5-4-6-10-20/h4-12,19H,13-18H2,1-3H3/b24-21+. The Morgan fingerprint density at radius 1 is 0.964 bits per heavy atom. The Kier molecular flexibility index (Phi) is 7.31. The highest BCUT2D eigenvalue weighted by Crippen LogP contribution is 2.29. The molecular weight excluding hydrogens is 350 g/mol. The summed E-state index contributed by atoms with van der Waals surface area (Å²) in [5, 5.41) is 4.24. The van der Waals surface area contributed by atoms with Crippen LogP contribution in [0.2, 0.25) is 0 Å². The molecule has 0 aliphatic carbocycles. The van der Waals surface area contributed by atoms with Gasteiger partial charge >= 0.3 is 0 Å². The molecule has 0 radical (unpaired) electrons. The molecule has 2 aromatic carbocycles. The van der Waals surface area contributed by atoms with Crippen LogP contribution in [-0.4, -0.2) is 56.5 Å². The van der Waals surface area contributed by atoms with E-state index in [0.717, 1.165) is 56.2 Å². The molecule has 1 aliphatic heterocycles. The molecule has 0 spiro atoms. The van der Waals surface area contributed by atoms with Gasteiger partial charge in [0.2, 0.25) is 0 Å².